The molecular formula is C30H41FN4O3. The van der Waals surface area contributed by atoms with Crippen LogP contribution in [0.3, 0.4) is 0 Å². The van der Waals surface area contributed by atoms with E-state index in [0.29, 0.717) is 36.6 Å². The molecule has 206 valence electrons. The van der Waals surface area contributed by atoms with Crippen LogP contribution in [0.1, 0.15) is 62.4 Å². The molecule has 0 N–H and O–H groups in total. The fraction of sp³-hybridized carbons (Fsp3) is 0.533. The van der Waals surface area contributed by atoms with Gasteiger partial charge in [0.15, 0.2) is 0 Å². The zero-order chi connectivity index (χ0) is 27.2. The SMILES string of the molecule is COc1ccc(N2CCCCC2)cc1C(=O)N1CCN(C(C)C)CCCN(C(C)=O)c2cc(F)ccc2C1. The predicted octanol–water partition coefficient (Wildman–Crippen LogP) is 4.93. The highest BCUT2D eigenvalue weighted by atomic mass is 19.1. The number of halogens is 1. The standard InChI is InChI=1S/C30H41FN4O3/c1-22(2)32-15-8-16-35(23(3)36)28-19-25(31)10-9-24(28)21-34(18-17-32)30(37)27-20-26(11-12-29(27)38-4)33-13-6-5-7-14-33/h9-12,19-20,22H,5-8,13-18,21H2,1-4H3. The Morgan fingerprint density at radius 3 is 2.34 bits per heavy atom. The van der Waals surface area contributed by atoms with Gasteiger partial charge in [0.25, 0.3) is 5.91 Å². The third-order valence-corrected chi connectivity index (χ3v) is 7.72. The molecule has 1 fully saturated rings. The van der Waals surface area contributed by atoms with Crippen molar-refractivity contribution < 1.29 is 18.7 Å². The van der Waals surface area contributed by atoms with Gasteiger partial charge in [0, 0.05) is 64.5 Å². The first kappa shape index (κ1) is 27.9. The number of rotatable bonds is 4. The summed E-state index contributed by atoms with van der Waals surface area (Å²) in [6, 6.07) is 10.6. The van der Waals surface area contributed by atoms with Crippen molar-refractivity contribution in [1.29, 1.82) is 0 Å². The molecule has 7 nitrogen and oxygen atoms in total. The van der Waals surface area contributed by atoms with Gasteiger partial charge >= 0.3 is 0 Å². The summed E-state index contributed by atoms with van der Waals surface area (Å²) in [6.45, 7) is 10.5. The van der Waals surface area contributed by atoms with Crippen LogP contribution >= 0.6 is 0 Å². The molecule has 0 radical (unpaired) electrons. The minimum Gasteiger partial charge on any atom is -0.496 e. The Hall–Kier alpha value is -3.13. The molecule has 0 unspecified atom stereocenters. The minimum absolute atomic E-state index is 0.131. The topological polar surface area (TPSA) is 56.3 Å². The van der Waals surface area contributed by atoms with Crippen molar-refractivity contribution in [2.24, 2.45) is 0 Å². The molecule has 2 aliphatic heterocycles. The number of piperidine rings is 1. The monoisotopic (exact) mass is 524 g/mol. The maximum absolute atomic E-state index is 14.4. The summed E-state index contributed by atoms with van der Waals surface area (Å²) >= 11 is 0. The number of ether oxygens (including phenoxy) is 1. The van der Waals surface area contributed by atoms with Crippen LogP contribution < -0.4 is 14.5 Å². The van der Waals surface area contributed by atoms with Crippen molar-refractivity contribution in [2.45, 2.75) is 59.0 Å². The number of carbonyl (C=O) groups excluding carboxylic acids is 2. The molecule has 2 aromatic rings. The normalized spacial score (nSPS) is 17.7. The molecule has 0 aliphatic carbocycles. The molecule has 8 heteroatoms. The molecule has 4 rings (SSSR count). The summed E-state index contributed by atoms with van der Waals surface area (Å²) in [5, 5.41) is 0. The Labute approximate surface area is 226 Å². The van der Waals surface area contributed by atoms with Crippen LogP contribution in [0.4, 0.5) is 15.8 Å². The fourth-order valence-electron chi connectivity index (χ4n) is 5.52. The number of methoxy groups -OCH3 is 1. The Morgan fingerprint density at radius 2 is 1.66 bits per heavy atom. The second kappa shape index (κ2) is 12.6. The van der Waals surface area contributed by atoms with E-state index in [1.807, 2.05) is 23.1 Å². The van der Waals surface area contributed by atoms with E-state index >= 15 is 0 Å². The Bertz CT molecular complexity index is 1130. The van der Waals surface area contributed by atoms with Crippen LogP contribution in [0.25, 0.3) is 0 Å². The lowest BCUT2D eigenvalue weighted by atomic mass is 10.1. The van der Waals surface area contributed by atoms with Crippen molar-refractivity contribution in [3.8, 4) is 5.75 Å². The number of hydrogen-bond acceptors (Lipinski definition) is 5. The van der Waals surface area contributed by atoms with Crippen molar-refractivity contribution in [1.82, 2.24) is 9.80 Å². The summed E-state index contributed by atoms with van der Waals surface area (Å²) in [5.41, 5.74) is 2.83. The molecule has 0 aromatic heterocycles. The molecule has 1 saturated heterocycles. The summed E-state index contributed by atoms with van der Waals surface area (Å²) in [7, 11) is 1.59. The number of nitrogens with zero attached hydrogens (tertiary/aromatic N) is 4. The van der Waals surface area contributed by atoms with Gasteiger partial charge in [0.05, 0.1) is 18.4 Å². The van der Waals surface area contributed by atoms with Gasteiger partial charge in [0.1, 0.15) is 11.6 Å². The van der Waals surface area contributed by atoms with Gasteiger partial charge in [-0.2, -0.15) is 0 Å². The summed E-state index contributed by atoms with van der Waals surface area (Å²) < 4.78 is 20.0. The van der Waals surface area contributed by atoms with Crippen molar-refractivity contribution >= 4 is 23.2 Å². The molecule has 2 amide bonds. The van der Waals surface area contributed by atoms with Crippen molar-refractivity contribution in [3.05, 3.63) is 53.3 Å². The van der Waals surface area contributed by atoms with Gasteiger partial charge in [-0.3, -0.25) is 14.5 Å². The van der Waals surface area contributed by atoms with Gasteiger partial charge in [-0.25, -0.2) is 4.39 Å². The summed E-state index contributed by atoms with van der Waals surface area (Å²) in [6.07, 6.45) is 4.28. The van der Waals surface area contributed by atoms with E-state index in [4.69, 9.17) is 4.74 Å². The molecule has 0 saturated carbocycles. The smallest absolute Gasteiger partial charge is 0.258 e. The second-order valence-corrected chi connectivity index (χ2v) is 10.6. The number of amides is 2. The zero-order valence-electron chi connectivity index (χ0n) is 23.2. The molecule has 0 bridgehead atoms. The average molecular weight is 525 g/mol. The molecule has 0 spiro atoms. The van der Waals surface area contributed by atoms with Crippen LogP contribution in [0, 0.1) is 5.82 Å². The average Bonchev–Trinajstić information content (AvgIpc) is 2.95. The maximum Gasteiger partial charge on any atom is 0.258 e. The van der Waals surface area contributed by atoms with E-state index < -0.39 is 5.82 Å². The van der Waals surface area contributed by atoms with Gasteiger partial charge in [-0.05, 0) is 75.4 Å². The van der Waals surface area contributed by atoms with Crippen LogP contribution in [-0.2, 0) is 11.3 Å². The first-order chi connectivity index (χ1) is 18.3. The first-order valence-electron chi connectivity index (χ1n) is 13.8. The van der Waals surface area contributed by atoms with E-state index in [9.17, 15) is 14.0 Å². The highest BCUT2D eigenvalue weighted by Gasteiger charge is 2.26. The highest BCUT2D eigenvalue weighted by molar-refractivity contribution is 5.98. The van der Waals surface area contributed by atoms with E-state index in [1.165, 1.54) is 25.5 Å². The number of carbonyl (C=O) groups is 2. The highest BCUT2D eigenvalue weighted by Crippen LogP contribution is 2.30. The van der Waals surface area contributed by atoms with Gasteiger partial charge in [-0.15, -0.1) is 0 Å². The van der Waals surface area contributed by atoms with Crippen LogP contribution in [0.5, 0.6) is 5.75 Å². The maximum atomic E-state index is 14.4. The fourth-order valence-corrected chi connectivity index (χ4v) is 5.52. The molecule has 2 heterocycles. The van der Waals surface area contributed by atoms with E-state index in [1.54, 1.807) is 18.1 Å². The molecule has 0 atom stereocenters. The second-order valence-electron chi connectivity index (χ2n) is 10.6. The quantitative estimate of drug-likeness (QED) is 0.568. The van der Waals surface area contributed by atoms with Gasteiger partial charge < -0.3 is 19.4 Å². The number of hydrogen-bond donors (Lipinski definition) is 0. The van der Waals surface area contributed by atoms with Crippen molar-refractivity contribution in [2.75, 3.05) is 56.2 Å². The number of anilines is 2. The molecule has 2 aliphatic rings. The Kier molecular flexibility index (Phi) is 9.26. The lowest BCUT2D eigenvalue weighted by Crippen LogP contribution is -2.41. The van der Waals surface area contributed by atoms with Crippen LogP contribution in [-0.4, -0.2) is 74.0 Å². The molecular weight excluding hydrogens is 483 g/mol. The minimum atomic E-state index is -0.401. The zero-order valence-corrected chi connectivity index (χ0v) is 23.2. The van der Waals surface area contributed by atoms with E-state index in [0.717, 1.165) is 50.1 Å². The molecule has 38 heavy (non-hydrogen) atoms. The van der Waals surface area contributed by atoms with Crippen LogP contribution in [0.2, 0.25) is 0 Å². The number of fused-ring (bicyclic) bond motifs is 1. The van der Waals surface area contributed by atoms with Crippen molar-refractivity contribution in [3.63, 3.8) is 0 Å². The Balaban J connectivity index is 1.74. The lowest BCUT2D eigenvalue weighted by molar-refractivity contribution is -0.116. The van der Waals surface area contributed by atoms with E-state index in [2.05, 4.69) is 23.6 Å². The Morgan fingerprint density at radius 1 is 0.895 bits per heavy atom. The molecule has 2 aromatic carbocycles. The van der Waals surface area contributed by atoms with Gasteiger partial charge in [-0.1, -0.05) is 6.07 Å². The summed E-state index contributed by atoms with van der Waals surface area (Å²) in [4.78, 5) is 34.9. The summed E-state index contributed by atoms with van der Waals surface area (Å²) in [5.74, 6) is -0.132. The predicted molar refractivity (Wildman–Crippen MR) is 150 cm³/mol. The first-order valence-corrected chi connectivity index (χ1v) is 13.8. The van der Waals surface area contributed by atoms with Crippen LogP contribution in [0.15, 0.2) is 36.4 Å². The van der Waals surface area contributed by atoms with E-state index in [-0.39, 0.29) is 24.4 Å². The number of benzene rings is 2. The third kappa shape index (κ3) is 6.46. The van der Waals surface area contributed by atoms with Gasteiger partial charge in [0.2, 0.25) is 5.91 Å². The largest absolute Gasteiger partial charge is 0.496 e. The lowest BCUT2D eigenvalue weighted by Gasteiger charge is -2.31. The third-order valence-electron chi connectivity index (χ3n) is 7.72.